The lowest BCUT2D eigenvalue weighted by Gasteiger charge is -2.31. The van der Waals surface area contributed by atoms with Crippen LogP contribution < -0.4 is 11.1 Å². The summed E-state index contributed by atoms with van der Waals surface area (Å²) in [7, 11) is 0. The van der Waals surface area contributed by atoms with Crippen molar-refractivity contribution < 1.29 is 9.53 Å². The number of carbonyl (C=O) groups is 1. The minimum Gasteiger partial charge on any atom is -0.361 e. The molecule has 112 valence electrons. The summed E-state index contributed by atoms with van der Waals surface area (Å²) < 4.78 is 6.00. The van der Waals surface area contributed by atoms with E-state index >= 15 is 0 Å². The first kappa shape index (κ1) is 16.4. The van der Waals surface area contributed by atoms with Crippen LogP contribution in [0.4, 0.5) is 0 Å². The number of hydrogen-bond acceptors (Lipinski definition) is 3. The maximum atomic E-state index is 12.0. The molecule has 0 saturated heterocycles. The molecule has 1 saturated carbocycles. The van der Waals surface area contributed by atoms with E-state index in [9.17, 15) is 4.79 Å². The van der Waals surface area contributed by atoms with Gasteiger partial charge in [0, 0.05) is 13.1 Å². The summed E-state index contributed by atoms with van der Waals surface area (Å²) >= 11 is 0. The fraction of sp³-hybridized carbons (Fsp3) is 0.933. The van der Waals surface area contributed by atoms with E-state index in [1.807, 2.05) is 6.92 Å². The van der Waals surface area contributed by atoms with Crippen LogP contribution in [0, 0.1) is 11.8 Å². The molecule has 0 heterocycles. The molecule has 0 spiro atoms. The third kappa shape index (κ3) is 5.11. The van der Waals surface area contributed by atoms with E-state index in [0.29, 0.717) is 18.4 Å². The Bertz CT molecular complexity index is 294. The highest BCUT2D eigenvalue weighted by atomic mass is 16.5. The van der Waals surface area contributed by atoms with Crippen molar-refractivity contribution in [3.8, 4) is 0 Å². The lowest BCUT2D eigenvalue weighted by atomic mass is 10.0. The minimum absolute atomic E-state index is 0.0203. The van der Waals surface area contributed by atoms with Gasteiger partial charge in [0.15, 0.2) is 0 Å². The summed E-state index contributed by atoms with van der Waals surface area (Å²) in [5.41, 5.74) is 5.58. The topological polar surface area (TPSA) is 64.3 Å². The smallest absolute Gasteiger partial charge is 0.248 e. The van der Waals surface area contributed by atoms with E-state index in [4.69, 9.17) is 10.5 Å². The molecule has 3 atom stereocenters. The number of amides is 1. The first-order valence-electron chi connectivity index (χ1n) is 7.54. The molecule has 3 N–H and O–H groups in total. The maximum Gasteiger partial charge on any atom is 0.248 e. The summed E-state index contributed by atoms with van der Waals surface area (Å²) in [6.07, 6.45) is 3.65. The first-order valence-corrected chi connectivity index (χ1v) is 7.54. The van der Waals surface area contributed by atoms with Gasteiger partial charge in [-0.25, -0.2) is 0 Å². The predicted molar refractivity (Wildman–Crippen MR) is 77.8 cm³/mol. The lowest BCUT2D eigenvalue weighted by molar-refractivity contribution is -0.144. The molecule has 4 heteroatoms. The van der Waals surface area contributed by atoms with E-state index in [1.165, 1.54) is 0 Å². The molecule has 0 aliphatic heterocycles. The van der Waals surface area contributed by atoms with E-state index in [2.05, 4.69) is 26.1 Å². The minimum atomic E-state index is -0.416. The molecule has 0 radical (unpaired) electrons. The monoisotopic (exact) mass is 270 g/mol. The molecule has 19 heavy (non-hydrogen) atoms. The molecule has 0 aromatic carbocycles. The third-order valence-electron chi connectivity index (χ3n) is 4.00. The highest BCUT2D eigenvalue weighted by Gasteiger charge is 2.39. The van der Waals surface area contributed by atoms with E-state index in [1.54, 1.807) is 0 Å². The zero-order chi connectivity index (χ0) is 14.5. The van der Waals surface area contributed by atoms with Crippen molar-refractivity contribution >= 4 is 5.91 Å². The molecule has 1 aliphatic carbocycles. The van der Waals surface area contributed by atoms with Crippen molar-refractivity contribution in [2.75, 3.05) is 13.1 Å². The van der Waals surface area contributed by atoms with Gasteiger partial charge in [0.05, 0.1) is 5.60 Å². The lowest BCUT2D eigenvalue weighted by Crippen LogP contribution is -2.46. The van der Waals surface area contributed by atoms with Gasteiger partial charge >= 0.3 is 0 Å². The van der Waals surface area contributed by atoms with E-state index < -0.39 is 6.10 Å². The fourth-order valence-electron chi connectivity index (χ4n) is 2.75. The average molecular weight is 270 g/mol. The zero-order valence-corrected chi connectivity index (χ0v) is 12.9. The van der Waals surface area contributed by atoms with Crippen LogP contribution in [0.5, 0.6) is 0 Å². The molecule has 0 aromatic heterocycles. The molecule has 0 aromatic rings. The molecule has 4 nitrogen and oxygen atoms in total. The molecule has 3 unspecified atom stereocenters. The summed E-state index contributed by atoms with van der Waals surface area (Å²) in [6, 6.07) is 0. The number of ether oxygens (including phenoxy) is 1. The zero-order valence-electron chi connectivity index (χ0n) is 12.9. The Hall–Kier alpha value is -0.610. The maximum absolute atomic E-state index is 12.0. The van der Waals surface area contributed by atoms with Crippen LogP contribution in [-0.2, 0) is 9.53 Å². The van der Waals surface area contributed by atoms with Crippen LogP contribution in [0.25, 0.3) is 0 Å². The van der Waals surface area contributed by atoms with Gasteiger partial charge in [0.2, 0.25) is 5.91 Å². The van der Waals surface area contributed by atoms with Crippen LogP contribution in [0.15, 0.2) is 0 Å². The summed E-state index contributed by atoms with van der Waals surface area (Å²) in [6.45, 7) is 9.56. The summed E-state index contributed by atoms with van der Waals surface area (Å²) in [5.74, 6) is 1.22. The molecule has 1 rings (SSSR count). The van der Waals surface area contributed by atoms with Crippen LogP contribution in [-0.4, -0.2) is 30.7 Å². The highest BCUT2D eigenvalue weighted by Crippen LogP contribution is 2.37. The number of nitrogens with one attached hydrogen (secondary N) is 1. The van der Waals surface area contributed by atoms with Crippen molar-refractivity contribution in [2.45, 2.75) is 65.1 Å². The second kappa shape index (κ2) is 7.25. The number of nitrogens with two attached hydrogens (primary N) is 1. The Labute approximate surface area is 117 Å². The molecular weight excluding hydrogens is 240 g/mol. The third-order valence-corrected chi connectivity index (χ3v) is 4.00. The number of rotatable bonds is 7. The van der Waals surface area contributed by atoms with Gasteiger partial charge in [-0.15, -0.1) is 0 Å². The molecule has 1 fully saturated rings. The van der Waals surface area contributed by atoms with Crippen molar-refractivity contribution in [1.29, 1.82) is 0 Å². The van der Waals surface area contributed by atoms with Gasteiger partial charge in [-0.3, -0.25) is 4.79 Å². The van der Waals surface area contributed by atoms with Crippen LogP contribution in [0.3, 0.4) is 0 Å². The Kier molecular flexibility index (Phi) is 6.27. The fourth-order valence-corrected chi connectivity index (χ4v) is 2.75. The Morgan fingerprint density at radius 1 is 1.47 bits per heavy atom. The summed E-state index contributed by atoms with van der Waals surface area (Å²) in [4.78, 5) is 12.0. The Balaban J connectivity index is 2.40. The Morgan fingerprint density at radius 3 is 2.63 bits per heavy atom. The van der Waals surface area contributed by atoms with Gasteiger partial charge in [-0.1, -0.05) is 20.8 Å². The van der Waals surface area contributed by atoms with Crippen LogP contribution >= 0.6 is 0 Å². The molecule has 1 amide bonds. The predicted octanol–water partition coefficient (Wildman–Crippen LogP) is 2.07. The molecule has 0 bridgehead atoms. The van der Waals surface area contributed by atoms with Gasteiger partial charge in [0.25, 0.3) is 0 Å². The normalized spacial score (nSPS) is 28.6. The van der Waals surface area contributed by atoms with Gasteiger partial charge < -0.3 is 15.8 Å². The van der Waals surface area contributed by atoms with Gasteiger partial charge in [0.1, 0.15) is 6.10 Å². The second-order valence-corrected chi connectivity index (χ2v) is 6.47. The second-order valence-electron chi connectivity index (χ2n) is 6.47. The van der Waals surface area contributed by atoms with E-state index in [0.717, 1.165) is 32.2 Å². The number of hydrogen-bond donors (Lipinski definition) is 2. The van der Waals surface area contributed by atoms with Crippen LogP contribution in [0.1, 0.15) is 53.4 Å². The van der Waals surface area contributed by atoms with Crippen molar-refractivity contribution in [2.24, 2.45) is 17.6 Å². The summed E-state index contributed by atoms with van der Waals surface area (Å²) in [5, 5.41) is 2.94. The van der Waals surface area contributed by atoms with Crippen molar-refractivity contribution in [3.05, 3.63) is 0 Å². The standard InChI is InChI=1S/C15H30N2O2/c1-11(2)6-8-17-14(18)13(4)19-15(10-16)7-5-12(3)9-15/h11-13H,5-10,16H2,1-4H3,(H,17,18). The van der Waals surface area contributed by atoms with E-state index in [-0.39, 0.29) is 11.5 Å². The van der Waals surface area contributed by atoms with Crippen molar-refractivity contribution in [1.82, 2.24) is 5.32 Å². The Morgan fingerprint density at radius 2 is 2.16 bits per heavy atom. The largest absolute Gasteiger partial charge is 0.361 e. The van der Waals surface area contributed by atoms with Crippen molar-refractivity contribution in [3.63, 3.8) is 0 Å². The highest BCUT2D eigenvalue weighted by molar-refractivity contribution is 5.80. The average Bonchev–Trinajstić information content (AvgIpc) is 2.70. The molecule has 1 aliphatic rings. The van der Waals surface area contributed by atoms with Gasteiger partial charge in [-0.2, -0.15) is 0 Å². The quantitative estimate of drug-likeness (QED) is 0.744. The van der Waals surface area contributed by atoms with Crippen LogP contribution in [0.2, 0.25) is 0 Å². The SMILES string of the molecule is CC(C)CCNC(=O)C(C)OC1(CN)CCC(C)C1. The number of carbonyl (C=O) groups excluding carboxylic acids is 1. The molecular formula is C15H30N2O2. The first-order chi connectivity index (χ1) is 8.88. The van der Waals surface area contributed by atoms with Gasteiger partial charge in [-0.05, 0) is 44.4 Å².